The molecule has 0 aliphatic rings. The Balaban J connectivity index is 1.98. The van der Waals surface area contributed by atoms with E-state index in [0.717, 1.165) is 10.7 Å². The molecular weight excluding hydrogens is 316 g/mol. The lowest BCUT2D eigenvalue weighted by Gasteiger charge is -2.01. The zero-order valence-corrected chi connectivity index (χ0v) is 13.6. The first-order chi connectivity index (χ1) is 11.0. The zero-order valence-electron chi connectivity index (χ0n) is 12.8. The molecule has 1 aromatic heterocycles. The second-order valence-electron chi connectivity index (χ2n) is 4.85. The van der Waals surface area contributed by atoms with Gasteiger partial charge < -0.3 is 0 Å². The summed E-state index contributed by atoms with van der Waals surface area (Å²) >= 11 is 1.42. The van der Waals surface area contributed by atoms with Crippen molar-refractivity contribution in [3.63, 3.8) is 0 Å². The first-order valence-corrected chi connectivity index (χ1v) is 7.87. The number of nitro benzene ring substituents is 1. The van der Waals surface area contributed by atoms with Crippen molar-refractivity contribution in [2.45, 2.75) is 26.7 Å². The van der Waals surface area contributed by atoms with Gasteiger partial charge in [0.25, 0.3) is 5.69 Å². The summed E-state index contributed by atoms with van der Waals surface area (Å²) in [7, 11) is 0. The van der Waals surface area contributed by atoms with E-state index in [-0.39, 0.29) is 18.0 Å². The number of hydrogen-bond donors (Lipinski definition) is 1. The molecule has 0 bridgehead atoms. The van der Waals surface area contributed by atoms with Gasteiger partial charge in [0.2, 0.25) is 5.91 Å². The van der Waals surface area contributed by atoms with Gasteiger partial charge >= 0.3 is 0 Å². The maximum absolute atomic E-state index is 11.7. The van der Waals surface area contributed by atoms with Gasteiger partial charge in [0.15, 0.2) is 0 Å². The Morgan fingerprint density at radius 2 is 2.30 bits per heavy atom. The number of thiazole rings is 1. The summed E-state index contributed by atoms with van der Waals surface area (Å²) in [6.07, 6.45) is 2.12. The Morgan fingerprint density at radius 1 is 1.52 bits per heavy atom. The molecule has 0 unspecified atom stereocenters. The van der Waals surface area contributed by atoms with E-state index in [2.05, 4.69) is 15.5 Å². The number of nitro groups is 1. The topological polar surface area (TPSA) is 97.5 Å². The molecule has 0 saturated carbocycles. The summed E-state index contributed by atoms with van der Waals surface area (Å²) in [5.74, 6) is -0.282. The van der Waals surface area contributed by atoms with Crippen molar-refractivity contribution in [3.05, 3.63) is 55.5 Å². The minimum atomic E-state index is -0.417. The van der Waals surface area contributed by atoms with Gasteiger partial charge in [-0.05, 0) is 13.3 Å². The van der Waals surface area contributed by atoms with Crippen LogP contribution in [0.15, 0.2) is 28.7 Å². The second kappa shape index (κ2) is 7.59. The van der Waals surface area contributed by atoms with Crippen LogP contribution < -0.4 is 5.43 Å². The number of hydrogen-bond acceptors (Lipinski definition) is 6. The highest BCUT2D eigenvalue weighted by atomic mass is 32.1. The number of aryl methyl sites for hydroxylation is 2. The summed E-state index contributed by atoms with van der Waals surface area (Å²) in [5.41, 5.74) is 4.55. The van der Waals surface area contributed by atoms with Crippen LogP contribution in [-0.4, -0.2) is 22.0 Å². The van der Waals surface area contributed by atoms with Crippen molar-refractivity contribution < 1.29 is 9.72 Å². The van der Waals surface area contributed by atoms with Crippen molar-refractivity contribution in [1.29, 1.82) is 0 Å². The number of nitrogens with one attached hydrogen (secondary N) is 1. The normalized spacial score (nSPS) is 10.9. The van der Waals surface area contributed by atoms with Crippen LogP contribution in [0.5, 0.6) is 0 Å². The minimum Gasteiger partial charge on any atom is -0.273 e. The second-order valence-corrected chi connectivity index (χ2v) is 5.79. The van der Waals surface area contributed by atoms with Crippen LogP contribution >= 0.6 is 11.3 Å². The van der Waals surface area contributed by atoms with Gasteiger partial charge in [0, 0.05) is 28.3 Å². The Labute approximate surface area is 137 Å². The lowest BCUT2D eigenvalue weighted by molar-refractivity contribution is -0.385. The maximum Gasteiger partial charge on any atom is 0.273 e. The molecule has 2 aromatic rings. The van der Waals surface area contributed by atoms with Crippen LogP contribution in [0.2, 0.25) is 0 Å². The number of hydrazone groups is 1. The number of benzene rings is 1. The Hall–Kier alpha value is -2.61. The van der Waals surface area contributed by atoms with Crippen molar-refractivity contribution in [1.82, 2.24) is 10.4 Å². The predicted molar refractivity (Wildman–Crippen MR) is 88.8 cm³/mol. The molecule has 0 radical (unpaired) electrons. The molecule has 23 heavy (non-hydrogen) atoms. The molecule has 0 atom stereocenters. The lowest BCUT2D eigenvalue weighted by Crippen LogP contribution is -2.19. The van der Waals surface area contributed by atoms with Gasteiger partial charge in [-0.3, -0.25) is 14.9 Å². The van der Waals surface area contributed by atoms with Crippen LogP contribution in [0, 0.1) is 17.0 Å². The van der Waals surface area contributed by atoms with Crippen LogP contribution in [0.25, 0.3) is 0 Å². The minimum absolute atomic E-state index is 0.0565. The Kier molecular flexibility index (Phi) is 5.53. The SMILES string of the molecule is CCc1ccc(/C=N\NC(=O)Cc2nc(C)cs2)cc1[N+](=O)[O-]. The van der Waals surface area contributed by atoms with Crippen LogP contribution in [0.3, 0.4) is 0 Å². The summed E-state index contributed by atoms with van der Waals surface area (Å²) in [4.78, 5) is 26.5. The van der Waals surface area contributed by atoms with Crippen molar-refractivity contribution >= 4 is 29.1 Å². The molecule has 0 fully saturated rings. The number of carbonyl (C=O) groups excluding carboxylic acids is 1. The smallest absolute Gasteiger partial charge is 0.273 e. The fraction of sp³-hybridized carbons (Fsp3) is 0.267. The van der Waals surface area contributed by atoms with Gasteiger partial charge in [-0.1, -0.05) is 19.1 Å². The fourth-order valence-electron chi connectivity index (χ4n) is 1.97. The van der Waals surface area contributed by atoms with Crippen molar-refractivity contribution in [3.8, 4) is 0 Å². The van der Waals surface area contributed by atoms with Crippen LogP contribution in [0.1, 0.15) is 28.8 Å². The molecule has 120 valence electrons. The largest absolute Gasteiger partial charge is 0.273 e. The van der Waals surface area contributed by atoms with E-state index in [0.29, 0.717) is 17.5 Å². The predicted octanol–water partition coefficient (Wildman–Crippen LogP) is 2.61. The van der Waals surface area contributed by atoms with E-state index < -0.39 is 4.92 Å². The molecule has 1 aromatic carbocycles. The first kappa shape index (κ1) is 16.8. The van der Waals surface area contributed by atoms with Gasteiger partial charge in [0.05, 0.1) is 17.6 Å². The lowest BCUT2D eigenvalue weighted by atomic mass is 10.1. The molecule has 0 aliphatic carbocycles. The molecule has 0 spiro atoms. The first-order valence-electron chi connectivity index (χ1n) is 6.99. The van der Waals surface area contributed by atoms with Gasteiger partial charge in [0.1, 0.15) is 5.01 Å². The van der Waals surface area contributed by atoms with E-state index in [4.69, 9.17) is 0 Å². The quantitative estimate of drug-likeness (QED) is 0.499. The third-order valence-corrected chi connectivity index (χ3v) is 4.03. The monoisotopic (exact) mass is 332 g/mol. The average Bonchev–Trinajstić information content (AvgIpc) is 2.92. The third kappa shape index (κ3) is 4.68. The Morgan fingerprint density at radius 3 is 2.91 bits per heavy atom. The molecular formula is C15H16N4O3S. The zero-order chi connectivity index (χ0) is 16.8. The van der Waals surface area contributed by atoms with E-state index in [9.17, 15) is 14.9 Å². The van der Waals surface area contributed by atoms with Gasteiger partial charge in [-0.15, -0.1) is 11.3 Å². The Bertz CT molecular complexity index is 755. The van der Waals surface area contributed by atoms with Crippen LogP contribution in [0.4, 0.5) is 5.69 Å². The molecule has 0 aliphatic heterocycles. The third-order valence-electron chi connectivity index (χ3n) is 3.07. The number of rotatable bonds is 6. The fourth-order valence-corrected chi connectivity index (χ4v) is 2.74. The highest BCUT2D eigenvalue weighted by Gasteiger charge is 2.12. The van der Waals surface area contributed by atoms with Crippen molar-refractivity contribution in [2.24, 2.45) is 5.10 Å². The molecule has 0 saturated heterocycles. The molecule has 1 N–H and O–H groups in total. The highest BCUT2D eigenvalue weighted by Crippen LogP contribution is 2.20. The summed E-state index contributed by atoms with van der Waals surface area (Å²) in [6.45, 7) is 3.72. The van der Waals surface area contributed by atoms with Gasteiger partial charge in [-0.2, -0.15) is 5.10 Å². The number of aromatic nitrogens is 1. The molecule has 8 heteroatoms. The average molecular weight is 332 g/mol. The van der Waals surface area contributed by atoms with E-state index in [1.165, 1.54) is 23.6 Å². The highest BCUT2D eigenvalue weighted by molar-refractivity contribution is 7.09. The number of amides is 1. The maximum atomic E-state index is 11.7. The number of carbonyl (C=O) groups is 1. The summed E-state index contributed by atoms with van der Waals surface area (Å²) in [5, 5.41) is 17.4. The molecule has 7 nitrogen and oxygen atoms in total. The summed E-state index contributed by atoms with van der Waals surface area (Å²) < 4.78 is 0. The molecule has 1 heterocycles. The molecule has 2 rings (SSSR count). The van der Waals surface area contributed by atoms with Crippen molar-refractivity contribution in [2.75, 3.05) is 0 Å². The van der Waals surface area contributed by atoms with E-state index in [1.54, 1.807) is 12.1 Å². The van der Waals surface area contributed by atoms with E-state index in [1.807, 2.05) is 19.2 Å². The standard InChI is InChI=1S/C15H16N4O3S/c1-3-12-5-4-11(6-13(12)19(21)22)8-16-18-14(20)7-15-17-10(2)9-23-15/h4-6,8-9H,3,7H2,1-2H3,(H,18,20)/b16-8-. The van der Waals surface area contributed by atoms with Crippen LogP contribution in [-0.2, 0) is 17.6 Å². The summed E-state index contributed by atoms with van der Waals surface area (Å²) in [6, 6.07) is 4.87. The van der Waals surface area contributed by atoms with E-state index >= 15 is 0 Å². The van der Waals surface area contributed by atoms with Gasteiger partial charge in [-0.25, -0.2) is 10.4 Å². The molecule has 1 amide bonds. The number of nitrogens with zero attached hydrogens (tertiary/aromatic N) is 3.